The number of hydrogen-bond donors (Lipinski definition) is 4. The first-order valence-electron chi connectivity index (χ1n) is 8.81. The van der Waals surface area contributed by atoms with E-state index in [1.807, 2.05) is 0 Å². The van der Waals surface area contributed by atoms with E-state index in [0.29, 0.717) is 5.69 Å². The highest BCUT2D eigenvalue weighted by Gasteiger charge is 2.15. The number of primary sulfonamides is 1. The summed E-state index contributed by atoms with van der Waals surface area (Å²) >= 11 is 0. The minimum Gasteiger partial charge on any atom is -0.338 e. The summed E-state index contributed by atoms with van der Waals surface area (Å²) in [5, 5.41) is 10.6. The van der Waals surface area contributed by atoms with Gasteiger partial charge in [0, 0.05) is 11.4 Å². The van der Waals surface area contributed by atoms with E-state index in [2.05, 4.69) is 31.2 Å². The summed E-state index contributed by atoms with van der Waals surface area (Å²) in [6.07, 6.45) is 5.97. The standard InChI is InChI=1S/C19H17FN6O4S2/c1-2-9-23-32(29,30)16-8-4-5-13(11-16)24-18-17(20)12-22-19(26-18)25-14-6-3-7-15(10-14)31(21,27)28/h1,3-8,10-12,23H,9H2,(H2,21,27,28)(H2,22,24,25,26). The number of nitrogens with two attached hydrogens (primary N) is 1. The first-order valence-corrected chi connectivity index (χ1v) is 11.8. The largest absolute Gasteiger partial charge is 0.338 e. The van der Waals surface area contributed by atoms with Gasteiger partial charge in [0.2, 0.25) is 26.0 Å². The molecule has 0 bridgehead atoms. The number of anilines is 4. The molecule has 1 aromatic heterocycles. The van der Waals surface area contributed by atoms with E-state index in [9.17, 15) is 21.2 Å². The Labute approximate surface area is 184 Å². The van der Waals surface area contributed by atoms with Crippen molar-refractivity contribution in [1.82, 2.24) is 14.7 Å². The number of benzene rings is 2. The maximum absolute atomic E-state index is 14.3. The second kappa shape index (κ2) is 9.28. The summed E-state index contributed by atoms with van der Waals surface area (Å²) in [6.45, 7) is -0.178. The van der Waals surface area contributed by atoms with Crippen molar-refractivity contribution in [3.63, 3.8) is 0 Å². The van der Waals surface area contributed by atoms with Crippen LogP contribution in [0.25, 0.3) is 0 Å². The fraction of sp³-hybridized carbons (Fsp3) is 0.0526. The Balaban J connectivity index is 1.85. The predicted molar refractivity (Wildman–Crippen MR) is 117 cm³/mol. The summed E-state index contributed by atoms with van der Waals surface area (Å²) < 4.78 is 63.9. The average molecular weight is 477 g/mol. The molecule has 0 radical (unpaired) electrons. The summed E-state index contributed by atoms with van der Waals surface area (Å²) in [5.74, 6) is 1.09. The van der Waals surface area contributed by atoms with Gasteiger partial charge in [0.05, 0.1) is 22.5 Å². The van der Waals surface area contributed by atoms with Crippen LogP contribution in [-0.2, 0) is 20.0 Å². The third kappa shape index (κ3) is 5.77. The van der Waals surface area contributed by atoms with Crippen molar-refractivity contribution < 1.29 is 21.2 Å². The van der Waals surface area contributed by atoms with Gasteiger partial charge in [0.15, 0.2) is 11.6 Å². The van der Waals surface area contributed by atoms with Crippen LogP contribution in [0.5, 0.6) is 0 Å². The molecule has 0 aliphatic heterocycles. The Bertz CT molecular complexity index is 1410. The molecule has 3 aromatic rings. The van der Waals surface area contributed by atoms with Gasteiger partial charge in [-0.05, 0) is 36.4 Å². The molecule has 2 aromatic carbocycles. The number of aromatic nitrogens is 2. The van der Waals surface area contributed by atoms with E-state index >= 15 is 0 Å². The molecule has 0 aliphatic carbocycles. The fourth-order valence-electron chi connectivity index (χ4n) is 2.49. The quantitative estimate of drug-likeness (QED) is 0.358. The van der Waals surface area contributed by atoms with Crippen LogP contribution in [0, 0.1) is 18.2 Å². The lowest BCUT2D eigenvalue weighted by Gasteiger charge is -2.11. The van der Waals surface area contributed by atoms with E-state index in [1.54, 1.807) is 6.07 Å². The molecule has 0 spiro atoms. The van der Waals surface area contributed by atoms with Crippen molar-refractivity contribution in [2.24, 2.45) is 5.14 Å². The molecule has 5 N–H and O–H groups in total. The maximum Gasteiger partial charge on any atom is 0.241 e. The van der Waals surface area contributed by atoms with Gasteiger partial charge in [0.1, 0.15) is 0 Å². The lowest BCUT2D eigenvalue weighted by Crippen LogP contribution is -2.23. The summed E-state index contributed by atoms with van der Waals surface area (Å²) in [7, 11) is -7.76. The highest BCUT2D eigenvalue weighted by molar-refractivity contribution is 7.89. The van der Waals surface area contributed by atoms with Gasteiger partial charge >= 0.3 is 0 Å². The lowest BCUT2D eigenvalue weighted by atomic mass is 10.3. The molecule has 32 heavy (non-hydrogen) atoms. The Kier molecular flexibility index (Phi) is 6.70. The molecule has 10 nitrogen and oxygen atoms in total. The SMILES string of the molecule is C#CCNS(=O)(=O)c1cccc(Nc2nc(Nc3cccc(S(N)(=O)=O)c3)ncc2F)c1. The van der Waals surface area contributed by atoms with Crippen molar-refractivity contribution in [2.75, 3.05) is 17.2 Å². The highest BCUT2D eigenvalue weighted by atomic mass is 32.2. The number of rotatable bonds is 8. The van der Waals surface area contributed by atoms with E-state index in [1.165, 1.54) is 42.5 Å². The van der Waals surface area contributed by atoms with Crippen molar-refractivity contribution in [3.8, 4) is 12.3 Å². The first-order chi connectivity index (χ1) is 15.1. The second-order valence-corrected chi connectivity index (χ2v) is 9.60. The number of nitrogens with one attached hydrogen (secondary N) is 3. The van der Waals surface area contributed by atoms with Crippen molar-refractivity contribution >= 4 is 43.2 Å². The van der Waals surface area contributed by atoms with Crippen molar-refractivity contribution in [3.05, 3.63) is 60.5 Å². The molecule has 0 aliphatic rings. The molecule has 3 rings (SSSR count). The van der Waals surface area contributed by atoms with E-state index in [0.717, 1.165) is 6.20 Å². The van der Waals surface area contributed by atoms with Crippen LogP contribution in [0.3, 0.4) is 0 Å². The normalized spacial score (nSPS) is 11.5. The Hall–Kier alpha value is -3.57. The minimum absolute atomic E-state index is 0.0417. The van der Waals surface area contributed by atoms with Gasteiger partial charge < -0.3 is 10.6 Å². The first kappa shape index (κ1) is 23.1. The number of terminal acetylenes is 1. The monoisotopic (exact) mass is 476 g/mol. The third-order valence-electron chi connectivity index (χ3n) is 3.93. The van der Waals surface area contributed by atoms with Gasteiger partial charge in [-0.15, -0.1) is 6.42 Å². The van der Waals surface area contributed by atoms with Gasteiger partial charge in [-0.1, -0.05) is 18.1 Å². The zero-order valence-corrected chi connectivity index (χ0v) is 17.9. The maximum atomic E-state index is 14.3. The smallest absolute Gasteiger partial charge is 0.241 e. The molecule has 166 valence electrons. The number of hydrogen-bond acceptors (Lipinski definition) is 8. The molecule has 1 heterocycles. The molecular formula is C19H17FN6O4S2. The fourth-order valence-corrected chi connectivity index (χ4v) is 4.03. The topological polar surface area (TPSA) is 156 Å². The number of halogens is 1. The number of sulfonamides is 2. The van der Waals surface area contributed by atoms with Gasteiger partial charge in [-0.2, -0.15) is 9.71 Å². The highest BCUT2D eigenvalue weighted by Crippen LogP contribution is 2.23. The Morgan fingerprint density at radius 2 is 1.62 bits per heavy atom. The van der Waals surface area contributed by atoms with Crippen LogP contribution < -0.4 is 20.5 Å². The molecule has 0 fully saturated rings. The zero-order valence-electron chi connectivity index (χ0n) is 16.3. The lowest BCUT2D eigenvalue weighted by molar-refractivity contribution is 0.586. The van der Waals surface area contributed by atoms with Crippen LogP contribution >= 0.6 is 0 Å². The van der Waals surface area contributed by atoms with Crippen LogP contribution in [0.2, 0.25) is 0 Å². The van der Waals surface area contributed by atoms with Crippen LogP contribution in [0.15, 0.2) is 64.5 Å². The average Bonchev–Trinajstić information content (AvgIpc) is 2.74. The van der Waals surface area contributed by atoms with E-state index < -0.39 is 25.9 Å². The van der Waals surface area contributed by atoms with E-state index in [-0.39, 0.29) is 33.8 Å². The van der Waals surface area contributed by atoms with Crippen molar-refractivity contribution in [1.29, 1.82) is 0 Å². The molecule has 0 unspecified atom stereocenters. The second-order valence-electron chi connectivity index (χ2n) is 6.27. The molecular weight excluding hydrogens is 459 g/mol. The molecule has 0 saturated carbocycles. The van der Waals surface area contributed by atoms with E-state index in [4.69, 9.17) is 11.6 Å². The Morgan fingerprint density at radius 1 is 1.00 bits per heavy atom. The van der Waals surface area contributed by atoms with Crippen LogP contribution in [-0.4, -0.2) is 33.3 Å². The Morgan fingerprint density at radius 3 is 2.28 bits per heavy atom. The molecule has 13 heteroatoms. The molecule has 0 saturated heterocycles. The van der Waals surface area contributed by atoms with Crippen LogP contribution in [0.4, 0.5) is 27.5 Å². The summed E-state index contributed by atoms with van der Waals surface area (Å²) in [5.41, 5.74) is 0.551. The summed E-state index contributed by atoms with van der Waals surface area (Å²) in [4.78, 5) is 7.63. The van der Waals surface area contributed by atoms with Crippen molar-refractivity contribution in [2.45, 2.75) is 9.79 Å². The zero-order chi connectivity index (χ0) is 23.4. The van der Waals surface area contributed by atoms with Gasteiger partial charge in [0.25, 0.3) is 0 Å². The van der Waals surface area contributed by atoms with Crippen LogP contribution in [0.1, 0.15) is 0 Å². The third-order valence-corrected chi connectivity index (χ3v) is 6.24. The predicted octanol–water partition coefficient (Wildman–Crippen LogP) is 1.66. The number of nitrogens with zero attached hydrogens (tertiary/aromatic N) is 2. The van der Waals surface area contributed by atoms with Gasteiger partial charge in [-0.25, -0.2) is 31.3 Å². The molecule has 0 atom stereocenters. The minimum atomic E-state index is -3.91. The summed E-state index contributed by atoms with van der Waals surface area (Å²) in [6, 6.07) is 11.2. The van der Waals surface area contributed by atoms with Gasteiger partial charge in [-0.3, -0.25) is 0 Å². The molecule has 0 amide bonds.